The van der Waals surface area contributed by atoms with E-state index in [1.54, 1.807) is 0 Å². The maximum atomic E-state index is 5.08. The zero-order valence-electron chi connectivity index (χ0n) is 34.2. The fraction of sp³-hybridized carbons (Fsp3) is 0.111. The van der Waals surface area contributed by atoms with E-state index in [2.05, 4.69) is 236 Å². The average molecular weight is 973 g/mol. The first-order valence-electron chi connectivity index (χ1n) is 20.6. The van der Waals surface area contributed by atoms with Gasteiger partial charge in [-0.3, -0.25) is 0 Å². The molecule has 60 heavy (non-hydrogen) atoms. The van der Waals surface area contributed by atoms with Crippen molar-refractivity contribution in [3.05, 3.63) is 206 Å². The van der Waals surface area contributed by atoms with Crippen molar-refractivity contribution >= 4 is 61.7 Å². The molecule has 3 aromatic heterocycles. The maximum absolute atomic E-state index is 5.08. The van der Waals surface area contributed by atoms with Crippen molar-refractivity contribution in [1.82, 2.24) is 18.7 Å². The number of imidazole rings is 1. The number of fused-ring (bicyclic) bond motifs is 4. The Bertz CT molecular complexity index is 3090. The summed E-state index contributed by atoms with van der Waals surface area (Å²) in [6, 6.07) is 72.5. The normalized spacial score (nSPS) is 11.8. The summed E-state index contributed by atoms with van der Waals surface area (Å²) >= 11 is 0. The van der Waals surface area contributed by atoms with Crippen LogP contribution in [-0.2, 0) is 21.1 Å². The Morgan fingerprint density at radius 1 is 0.567 bits per heavy atom. The summed E-state index contributed by atoms with van der Waals surface area (Å²) in [6.07, 6.45) is 4.18. The Hall–Kier alpha value is -6.13. The van der Waals surface area contributed by atoms with Crippen LogP contribution in [0.3, 0.4) is 0 Å². The predicted octanol–water partition coefficient (Wildman–Crippen LogP) is 10.6. The van der Waals surface area contributed by atoms with E-state index < -0.39 is 8.07 Å². The van der Waals surface area contributed by atoms with Gasteiger partial charge in [-0.05, 0) is 82.5 Å². The van der Waals surface area contributed by atoms with Crippen molar-refractivity contribution in [2.45, 2.75) is 39.7 Å². The Kier molecular flexibility index (Phi) is 10.6. The smallest absolute Gasteiger partial charge is 0.188 e. The van der Waals surface area contributed by atoms with Crippen LogP contribution in [0.2, 0.25) is 0 Å². The van der Waals surface area contributed by atoms with Crippen LogP contribution in [0.5, 0.6) is 0 Å². The number of hydrogen-bond donors (Lipinski definition) is 0. The van der Waals surface area contributed by atoms with Crippen molar-refractivity contribution in [2.24, 2.45) is 0 Å². The van der Waals surface area contributed by atoms with Gasteiger partial charge in [0.15, 0.2) is 17.4 Å². The van der Waals surface area contributed by atoms with E-state index in [1.165, 1.54) is 37.6 Å². The molecule has 0 aliphatic rings. The van der Waals surface area contributed by atoms with E-state index >= 15 is 0 Å². The zero-order chi connectivity index (χ0) is 40.1. The summed E-state index contributed by atoms with van der Waals surface area (Å²) in [5.41, 5.74) is 9.21. The van der Waals surface area contributed by atoms with Crippen molar-refractivity contribution in [3.63, 3.8) is 0 Å². The minimum Gasteiger partial charge on any atom is -0.319 e. The molecule has 0 saturated carbocycles. The summed E-state index contributed by atoms with van der Waals surface area (Å²) in [7, 11) is -3.09. The Labute approximate surface area is 367 Å². The third kappa shape index (κ3) is 6.48. The van der Waals surface area contributed by atoms with Crippen LogP contribution in [0.15, 0.2) is 188 Å². The van der Waals surface area contributed by atoms with Gasteiger partial charge in [-0.25, -0.2) is 14.1 Å². The molecule has 0 amide bonds. The van der Waals surface area contributed by atoms with Gasteiger partial charge in [0.05, 0.1) is 6.04 Å². The second kappa shape index (κ2) is 16.1. The number of rotatable bonds is 9. The van der Waals surface area contributed by atoms with Crippen molar-refractivity contribution in [2.75, 3.05) is 0 Å². The minimum atomic E-state index is -3.09. The van der Waals surface area contributed by atoms with Gasteiger partial charge < -0.3 is 4.57 Å². The van der Waals surface area contributed by atoms with Crippen LogP contribution < -0.4 is 20.7 Å². The summed E-state index contributed by atoms with van der Waals surface area (Å²) in [5, 5.41) is 7.22. The van der Waals surface area contributed by atoms with Crippen LogP contribution in [0, 0.1) is 12.1 Å². The van der Waals surface area contributed by atoms with Gasteiger partial charge in [0.2, 0.25) is 0 Å². The first-order valence-corrected chi connectivity index (χ1v) is 22.6. The first-order chi connectivity index (χ1) is 28.9. The molecule has 0 atom stereocenters. The van der Waals surface area contributed by atoms with E-state index in [0.29, 0.717) is 12.0 Å². The van der Waals surface area contributed by atoms with E-state index in [4.69, 9.17) is 4.98 Å². The molecule has 0 saturated heterocycles. The zero-order valence-corrected chi connectivity index (χ0v) is 37.4. The fourth-order valence-electron chi connectivity index (χ4n) is 9.19. The fourth-order valence-corrected chi connectivity index (χ4v) is 13.7. The van der Waals surface area contributed by atoms with Crippen molar-refractivity contribution in [1.29, 1.82) is 0 Å². The summed E-state index contributed by atoms with van der Waals surface area (Å²) in [4.78, 5) is 5.08. The molecule has 0 N–H and O–H groups in total. The number of nitrogens with zero attached hydrogens (tertiary/aromatic N) is 4. The topological polar surface area (TPSA) is 27.7 Å². The molecule has 3 heterocycles. The maximum Gasteiger partial charge on any atom is 0.188 e. The Morgan fingerprint density at radius 2 is 1.20 bits per heavy atom. The summed E-state index contributed by atoms with van der Waals surface area (Å²) in [6.45, 7) is 8.99. The molecule has 0 fully saturated rings. The molecule has 10 aromatic rings. The van der Waals surface area contributed by atoms with E-state index in [9.17, 15) is 0 Å². The van der Waals surface area contributed by atoms with Gasteiger partial charge in [-0.1, -0.05) is 122 Å². The molecule has 296 valence electrons. The molecule has 0 bridgehead atoms. The van der Waals surface area contributed by atoms with Gasteiger partial charge in [0, 0.05) is 50.6 Å². The number of benzene rings is 7. The predicted molar refractivity (Wildman–Crippen MR) is 249 cm³/mol. The number of hydrogen-bond acceptors (Lipinski definition) is 1. The number of para-hydroxylation sites is 3. The molecule has 0 aliphatic heterocycles. The van der Waals surface area contributed by atoms with Crippen LogP contribution in [0.1, 0.15) is 45.2 Å². The van der Waals surface area contributed by atoms with E-state index in [-0.39, 0.29) is 21.1 Å². The van der Waals surface area contributed by atoms with Gasteiger partial charge in [-0.15, -0.1) is 22.7 Å². The van der Waals surface area contributed by atoms with Crippen LogP contribution in [0.4, 0.5) is 0 Å². The SMILES string of the molecule is CC(C)c1ccccc1-c1ccnc(-n2c3[c-]c([Si](c4[c-]c(-n5[cH+]n(C(C)C)c6ccccc65)ccc4)(c4ccccc4)c4ccccc4)ccc3c3ccccc32)c1.[Pt]. The molecular weight excluding hydrogens is 928 g/mol. The third-order valence-corrected chi connectivity index (χ3v) is 16.5. The van der Waals surface area contributed by atoms with E-state index in [1.807, 2.05) is 6.20 Å². The van der Waals surface area contributed by atoms with Gasteiger partial charge in [-0.2, -0.15) is 35.5 Å². The summed E-state index contributed by atoms with van der Waals surface area (Å²) < 4.78 is 6.97. The largest absolute Gasteiger partial charge is 0.319 e. The standard InChI is InChI=1S/C54H45N4Si.Pt/c1-38(2)46-24-11-12-25-47(46)40-32-33-55-54(34-40)58-50-27-14-13-26-48(50)49-31-30-45(36-53(49)58)59(42-19-7-5-8-20-42,43-21-9-6-10-22-43)44-23-17-18-41(35-44)57-37-56(39(3)4)51-28-15-16-29-52(51)57;/h5-34,37-39H,1-4H3;/q-1;. The van der Waals surface area contributed by atoms with Crippen LogP contribution in [0.25, 0.3) is 55.5 Å². The molecule has 7 aromatic carbocycles. The number of pyridine rings is 1. The molecule has 0 unspecified atom stereocenters. The first kappa shape index (κ1) is 39.3. The quantitative estimate of drug-likeness (QED) is 0.0805. The monoisotopic (exact) mass is 972 g/mol. The summed E-state index contributed by atoms with van der Waals surface area (Å²) in [5.74, 6) is 1.27. The minimum absolute atomic E-state index is 0. The second-order valence-electron chi connectivity index (χ2n) is 16.0. The molecule has 0 spiro atoms. The van der Waals surface area contributed by atoms with E-state index in [0.717, 1.165) is 44.2 Å². The van der Waals surface area contributed by atoms with Gasteiger partial charge in [0.25, 0.3) is 0 Å². The van der Waals surface area contributed by atoms with Gasteiger partial charge in [0.1, 0.15) is 13.9 Å². The van der Waals surface area contributed by atoms with Crippen LogP contribution in [-0.4, -0.2) is 26.8 Å². The Morgan fingerprint density at radius 3 is 1.92 bits per heavy atom. The van der Waals surface area contributed by atoms with Crippen molar-refractivity contribution in [3.8, 4) is 22.6 Å². The van der Waals surface area contributed by atoms with Crippen LogP contribution >= 0.6 is 0 Å². The van der Waals surface area contributed by atoms with Gasteiger partial charge >= 0.3 is 0 Å². The molecule has 4 nitrogen and oxygen atoms in total. The van der Waals surface area contributed by atoms with Crippen molar-refractivity contribution < 1.29 is 21.1 Å². The average Bonchev–Trinajstić information content (AvgIpc) is 3.84. The third-order valence-electron chi connectivity index (χ3n) is 11.9. The Balaban J connectivity index is 0.00000462. The molecule has 10 rings (SSSR count). The molecular formula is C54H45N4PtSi-. The second-order valence-corrected chi connectivity index (χ2v) is 19.8. The number of aromatic nitrogens is 4. The molecule has 0 radical (unpaired) electrons. The molecule has 0 aliphatic carbocycles. The molecule has 6 heteroatoms.